The molecule has 1 saturated heterocycles. The van der Waals surface area contributed by atoms with Gasteiger partial charge in [0, 0.05) is 37.9 Å². The maximum absolute atomic E-state index is 12.6. The molecule has 2 amide bonds. The molecule has 2 heterocycles. The Labute approximate surface area is 142 Å². The highest BCUT2D eigenvalue weighted by Crippen LogP contribution is 2.24. The zero-order valence-electron chi connectivity index (χ0n) is 14.5. The molecule has 6 heteroatoms. The van der Waals surface area contributed by atoms with E-state index in [1.54, 1.807) is 0 Å². The van der Waals surface area contributed by atoms with Crippen LogP contribution in [-0.4, -0.2) is 42.3 Å². The molecule has 24 heavy (non-hydrogen) atoms. The number of carbonyl (C=O) groups excluding carboxylic acids is 1. The molecule has 1 aliphatic rings. The lowest BCUT2D eigenvalue weighted by Crippen LogP contribution is -2.50. The summed E-state index contributed by atoms with van der Waals surface area (Å²) < 4.78 is 5.12. The summed E-state index contributed by atoms with van der Waals surface area (Å²) in [5.41, 5.74) is 2.05. The Morgan fingerprint density at radius 2 is 1.92 bits per heavy atom. The largest absolute Gasteiger partial charge is 0.360 e. The van der Waals surface area contributed by atoms with Crippen molar-refractivity contribution in [1.82, 2.24) is 10.1 Å². The maximum atomic E-state index is 12.6. The summed E-state index contributed by atoms with van der Waals surface area (Å²) in [6.07, 6.45) is 0. The van der Waals surface area contributed by atoms with Crippen LogP contribution in [0.3, 0.4) is 0 Å². The maximum Gasteiger partial charge on any atom is 0.321 e. The highest BCUT2D eigenvalue weighted by atomic mass is 16.5. The third-order valence-electron chi connectivity index (χ3n) is 4.33. The fourth-order valence-electron chi connectivity index (χ4n) is 2.95. The summed E-state index contributed by atoms with van der Waals surface area (Å²) in [7, 11) is 0. The van der Waals surface area contributed by atoms with Gasteiger partial charge in [-0.3, -0.25) is 0 Å². The summed E-state index contributed by atoms with van der Waals surface area (Å²) >= 11 is 0. The molecule has 1 fully saturated rings. The molecule has 0 bridgehead atoms. The molecule has 1 aromatic heterocycles. The molecule has 0 spiro atoms. The van der Waals surface area contributed by atoms with Crippen molar-refractivity contribution in [2.75, 3.05) is 36.4 Å². The minimum absolute atomic E-state index is 0.0425. The number of amides is 2. The van der Waals surface area contributed by atoms with Crippen LogP contribution in [0.25, 0.3) is 0 Å². The number of anilines is 2. The van der Waals surface area contributed by atoms with Gasteiger partial charge in [0.2, 0.25) is 0 Å². The van der Waals surface area contributed by atoms with Gasteiger partial charge in [0.05, 0.1) is 0 Å². The Morgan fingerprint density at radius 3 is 2.54 bits per heavy atom. The van der Waals surface area contributed by atoms with E-state index in [2.05, 4.69) is 35.3 Å². The van der Waals surface area contributed by atoms with Crippen LogP contribution >= 0.6 is 0 Å². The van der Waals surface area contributed by atoms with Crippen molar-refractivity contribution in [2.24, 2.45) is 0 Å². The van der Waals surface area contributed by atoms with Crippen LogP contribution in [0.2, 0.25) is 0 Å². The molecule has 6 nitrogen and oxygen atoms in total. The molecule has 2 aromatic rings. The van der Waals surface area contributed by atoms with Crippen LogP contribution in [0.4, 0.5) is 16.3 Å². The van der Waals surface area contributed by atoms with E-state index in [9.17, 15) is 4.79 Å². The van der Waals surface area contributed by atoms with Crippen LogP contribution in [0.5, 0.6) is 0 Å². The molecule has 1 N–H and O–H groups in total. The lowest BCUT2D eigenvalue weighted by Gasteiger charge is -2.34. The summed E-state index contributed by atoms with van der Waals surface area (Å²) in [5, 5.41) is 7.09. The van der Waals surface area contributed by atoms with Gasteiger partial charge in [-0.2, -0.15) is 0 Å². The number of piperazine rings is 1. The minimum atomic E-state index is -0.0425. The minimum Gasteiger partial charge on any atom is -0.360 e. The Balaban J connectivity index is 1.60. The molecule has 1 aliphatic heterocycles. The highest BCUT2D eigenvalue weighted by molar-refractivity contribution is 5.90. The standard InChI is InChI=1S/C18H24N4O2/c1-13(2)15-6-4-5-7-16(15)19-18(23)22-10-8-21(9-11-22)17-12-14(3)24-20-17/h4-7,12-13H,8-11H2,1-3H3,(H,19,23). The molecular formula is C18H24N4O2. The SMILES string of the molecule is Cc1cc(N2CCN(C(=O)Nc3ccccc3C(C)C)CC2)no1. The van der Waals surface area contributed by atoms with Crippen molar-refractivity contribution in [3.05, 3.63) is 41.7 Å². The Kier molecular flexibility index (Phi) is 4.74. The van der Waals surface area contributed by atoms with Gasteiger partial charge in [0.15, 0.2) is 5.82 Å². The van der Waals surface area contributed by atoms with Crippen molar-refractivity contribution in [2.45, 2.75) is 26.7 Å². The number of hydrogen-bond donors (Lipinski definition) is 1. The van der Waals surface area contributed by atoms with Gasteiger partial charge in [-0.1, -0.05) is 37.2 Å². The normalized spacial score (nSPS) is 15.0. The predicted octanol–water partition coefficient (Wildman–Crippen LogP) is 3.46. The molecule has 128 valence electrons. The molecule has 0 saturated carbocycles. The molecule has 1 aromatic carbocycles. The summed E-state index contributed by atoms with van der Waals surface area (Å²) in [6.45, 7) is 8.99. The smallest absolute Gasteiger partial charge is 0.321 e. The van der Waals surface area contributed by atoms with E-state index in [1.165, 1.54) is 0 Å². The lowest BCUT2D eigenvalue weighted by molar-refractivity contribution is 0.208. The van der Waals surface area contributed by atoms with E-state index in [-0.39, 0.29) is 6.03 Å². The van der Waals surface area contributed by atoms with Gasteiger partial charge < -0.3 is 19.6 Å². The van der Waals surface area contributed by atoms with Crippen molar-refractivity contribution in [3.63, 3.8) is 0 Å². The second-order valence-corrected chi connectivity index (χ2v) is 6.44. The first-order valence-electron chi connectivity index (χ1n) is 8.37. The molecule has 0 radical (unpaired) electrons. The predicted molar refractivity (Wildman–Crippen MR) is 94.6 cm³/mol. The Hall–Kier alpha value is -2.50. The third kappa shape index (κ3) is 3.53. The Bertz CT molecular complexity index is 703. The molecule has 0 unspecified atom stereocenters. The molecular weight excluding hydrogens is 304 g/mol. The van der Waals surface area contributed by atoms with Crippen molar-refractivity contribution >= 4 is 17.5 Å². The topological polar surface area (TPSA) is 61.6 Å². The van der Waals surface area contributed by atoms with Gasteiger partial charge in [-0.25, -0.2) is 4.79 Å². The first kappa shape index (κ1) is 16.4. The molecule has 3 rings (SSSR count). The number of urea groups is 1. The van der Waals surface area contributed by atoms with Crippen molar-refractivity contribution < 1.29 is 9.32 Å². The third-order valence-corrected chi connectivity index (χ3v) is 4.33. The van der Waals surface area contributed by atoms with Gasteiger partial charge in [0.25, 0.3) is 0 Å². The van der Waals surface area contributed by atoms with Gasteiger partial charge in [-0.05, 0) is 24.5 Å². The van der Waals surface area contributed by atoms with Crippen LogP contribution in [-0.2, 0) is 0 Å². The Morgan fingerprint density at radius 1 is 1.21 bits per heavy atom. The van der Waals surface area contributed by atoms with Crippen LogP contribution < -0.4 is 10.2 Å². The van der Waals surface area contributed by atoms with Gasteiger partial charge in [-0.15, -0.1) is 0 Å². The monoisotopic (exact) mass is 328 g/mol. The van der Waals surface area contributed by atoms with E-state index in [0.29, 0.717) is 19.0 Å². The number of nitrogens with one attached hydrogen (secondary N) is 1. The molecule has 0 aliphatic carbocycles. The zero-order chi connectivity index (χ0) is 17.1. The number of para-hydroxylation sites is 1. The number of benzene rings is 1. The molecule has 0 atom stereocenters. The number of aryl methyl sites for hydroxylation is 1. The van der Waals surface area contributed by atoms with E-state index < -0.39 is 0 Å². The van der Waals surface area contributed by atoms with E-state index in [0.717, 1.165) is 35.9 Å². The van der Waals surface area contributed by atoms with Crippen LogP contribution in [0, 0.1) is 6.92 Å². The van der Waals surface area contributed by atoms with Crippen molar-refractivity contribution in [1.29, 1.82) is 0 Å². The fourth-order valence-corrected chi connectivity index (χ4v) is 2.95. The first-order chi connectivity index (χ1) is 11.5. The number of carbonyl (C=O) groups is 1. The quantitative estimate of drug-likeness (QED) is 0.937. The average molecular weight is 328 g/mol. The van der Waals surface area contributed by atoms with Crippen LogP contribution in [0.1, 0.15) is 31.1 Å². The highest BCUT2D eigenvalue weighted by Gasteiger charge is 2.23. The fraction of sp³-hybridized carbons (Fsp3) is 0.444. The van der Waals surface area contributed by atoms with Gasteiger partial charge >= 0.3 is 6.03 Å². The van der Waals surface area contributed by atoms with E-state index in [1.807, 2.05) is 36.1 Å². The lowest BCUT2D eigenvalue weighted by atomic mass is 10.0. The van der Waals surface area contributed by atoms with E-state index >= 15 is 0 Å². The zero-order valence-corrected chi connectivity index (χ0v) is 14.5. The first-order valence-corrected chi connectivity index (χ1v) is 8.37. The number of hydrogen-bond acceptors (Lipinski definition) is 4. The summed E-state index contributed by atoms with van der Waals surface area (Å²) in [6, 6.07) is 9.86. The number of nitrogens with zero attached hydrogens (tertiary/aromatic N) is 3. The number of aromatic nitrogens is 1. The summed E-state index contributed by atoms with van der Waals surface area (Å²) in [4.78, 5) is 16.5. The van der Waals surface area contributed by atoms with Crippen LogP contribution in [0.15, 0.2) is 34.9 Å². The van der Waals surface area contributed by atoms with Gasteiger partial charge in [0.1, 0.15) is 5.76 Å². The van der Waals surface area contributed by atoms with E-state index in [4.69, 9.17) is 4.52 Å². The number of rotatable bonds is 3. The average Bonchev–Trinajstić information content (AvgIpc) is 3.02. The summed E-state index contributed by atoms with van der Waals surface area (Å²) in [5.74, 6) is 2.02. The van der Waals surface area contributed by atoms with Crippen molar-refractivity contribution in [3.8, 4) is 0 Å². The second-order valence-electron chi connectivity index (χ2n) is 6.44. The second kappa shape index (κ2) is 6.95.